The Morgan fingerprint density at radius 3 is 3.00 bits per heavy atom. The molecule has 6 heteroatoms. The molecule has 3 rings (SSSR count). The van der Waals surface area contributed by atoms with Crippen LogP contribution in [0.25, 0.3) is 0 Å². The second-order valence-electron chi connectivity index (χ2n) is 4.47. The summed E-state index contributed by atoms with van der Waals surface area (Å²) in [7, 11) is 0. The molecule has 94 valence electrons. The summed E-state index contributed by atoms with van der Waals surface area (Å²) in [5.74, 6) is 1.04. The molecule has 6 nitrogen and oxygen atoms in total. The average Bonchev–Trinajstić information content (AvgIpc) is 3.11. The van der Waals surface area contributed by atoms with Gasteiger partial charge in [0.2, 0.25) is 12.3 Å². The van der Waals surface area contributed by atoms with E-state index in [0.29, 0.717) is 18.9 Å². The van der Waals surface area contributed by atoms with E-state index in [2.05, 4.69) is 10.1 Å². The van der Waals surface area contributed by atoms with Crippen LogP contribution in [-0.4, -0.2) is 38.6 Å². The van der Waals surface area contributed by atoms with E-state index in [1.807, 2.05) is 34.0 Å². The maximum absolute atomic E-state index is 12.1. The molecule has 1 saturated heterocycles. The van der Waals surface area contributed by atoms with Gasteiger partial charge in [-0.3, -0.25) is 4.79 Å². The Labute approximate surface area is 104 Å². The molecule has 1 fully saturated rings. The molecule has 0 aliphatic carbocycles. The highest BCUT2D eigenvalue weighted by atomic mass is 16.5. The van der Waals surface area contributed by atoms with Gasteiger partial charge in [0, 0.05) is 31.4 Å². The summed E-state index contributed by atoms with van der Waals surface area (Å²) in [6.45, 7) is 1.84. The van der Waals surface area contributed by atoms with E-state index in [1.165, 1.54) is 6.39 Å². The highest BCUT2D eigenvalue weighted by Crippen LogP contribution is 2.24. The first-order chi connectivity index (χ1) is 8.83. The van der Waals surface area contributed by atoms with Crippen molar-refractivity contribution in [1.29, 1.82) is 0 Å². The fraction of sp³-hybridized carbons (Fsp3) is 0.417. The van der Waals surface area contributed by atoms with Gasteiger partial charge >= 0.3 is 0 Å². The van der Waals surface area contributed by atoms with Gasteiger partial charge < -0.3 is 14.0 Å². The molecule has 0 radical (unpaired) electrons. The predicted molar refractivity (Wildman–Crippen MR) is 62.7 cm³/mol. The van der Waals surface area contributed by atoms with E-state index in [-0.39, 0.29) is 11.8 Å². The number of carbonyl (C=O) groups is 1. The fourth-order valence-corrected chi connectivity index (χ4v) is 2.29. The minimum atomic E-state index is 0.136. The first-order valence-electron chi connectivity index (χ1n) is 5.98. The number of hydrogen-bond donors (Lipinski definition) is 0. The number of carbonyl (C=O) groups excluding carboxylic acids is 1. The number of rotatable bonds is 3. The van der Waals surface area contributed by atoms with Crippen molar-refractivity contribution < 1.29 is 9.32 Å². The van der Waals surface area contributed by atoms with E-state index >= 15 is 0 Å². The van der Waals surface area contributed by atoms with Gasteiger partial charge in [0.1, 0.15) is 6.54 Å². The predicted octanol–water partition coefficient (Wildman–Crippen LogP) is 0.887. The molecule has 0 saturated carbocycles. The van der Waals surface area contributed by atoms with Crippen molar-refractivity contribution >= 4 is 5.91 Å². The van der Waals surface area contributed by atoms with Gasteiger partial charge in [-0.1, -0.05) is 5.16 Å². The summed E-state index contributed by atoms with van der Waals surface area (Å²) in [4.78, 5) is 18.0. The van der Waals surface area contributed by atoms with Gasteiger partial charge in [-0.2, -0.15) is 4.98 Å². The van der Waals surface area contributed by atoms with E-state index < -0.39 is 0 Å². The standard InChI is InChI=1S/C12H14N4O2/c17-11(8-15-4-1-2-5-15)16-6-3-10(7-16)12-13-9-18-14-12/h1-2,4-5,9-10H,3,6-8H2/t10-/m0/s1. The van der Waals surface area contributed by atoms with Crippen LogP contribution in [0.3, 0.4) is 0 Å². The Balaban J connectivity index is 1.60. The summed E-state index contributed by atoms with van der Waals surface area (Å²) in [6.07, 6.45) is 6.02. The van der Waals surface area contributed by atoms with Crippen LogP contribution in [0.1, 0.15) is 18.2 Å². The van der Waals surface area contributed by atoms with Crippen molar-refractivity contribution in [2.24, 2.45) is 0 Å². The molecule has 1 atom stereocenters. The minimum Gasteiger partial charge on any atom is -0.345 e. The van der Waals surface area contributed by atoms with E-state index in [1.54, 1.807) is 0 Å². The van der Waals surface area contributed by atoms with Gasteiger partial charge in [0.25, 0.3) is 0 Å². The van der Waals surface area contributed by atoms with Gasteiger partial charge in [-0.15, -0.1) is 0 Å². The van der Waals surface area contributed by atoms with Gasteiger partial charge in [0.15, 0.2) is 5.82 Å². The van der Waals surface area contributed by atoms with E-state index in [9.17, 15) is 4.79 Å². The summed E-state index contributed by atoms with van der Waals surface area (Å²) >= 11 is 0. The lowest BCUT2D eigenvalue weighted by Crippen LogP contribution is -2.31. The van der Waals surface area contributed by atoms with Crippen molar-refractivity contribution in [3.8, 4) is 0 Å². The smallest absolute Gasteiger partial charge is 0.242 e. The average molecular weight is 246 g/mol. The minimum absolute atomic E-state index is 0.136. The molecule has 3 heterocycles. The summed E-state index contributed by atoms with van der Waals surface area (Å²) in [5.41, 5.74) is 0. The molecule has 1 aliphatic heterocycles. The van der Waals surface area contributed by atoms with Crippen molar-refractivity contribution in [1.82, 2.24) is 19.6 Å². The largest absolute Gasteiger partial charge is 0.345 e. The molecule has 0 aromatic carbocycles. The van der Waals surface area contributed by atoms with Gasteiger partial charge in [-0.25, -0.2) is 0 Å². The van der Waals surface area contributed by atoms with E-state index in [0.717, 1.165) is 13.0 Å². The number of amides is 1. The van der Waals surface area contributed by atoms with Crippen LogP contribution < -0.4 is 0 Å². The molecular weight excluding hydrogens is 232 g/mol. The van der Waals surface area contributed by atoms with Crippen LogP contribution in [0.2, 0.25) is 0 Å². The molecular formula is C12H14N4O2. The zero-order chi connectivity index (χ0) is 12.4. The first kappa shape index (κ1) is 11.0. The van der Waals surface area contributed by atoms with E-state index in [4.69, 9.17) is 4.52 Å². The lowest BCUT2D eigenvalue weighted by atomic mass is 10.1. The molecule has 2 aromatic rings. The molecule has 0 unspecified atom stereocenters. The van der Waals surface area contributed by atoms with Crippen LogP contribution in [0.5, 0.6) is 0 Å². The maximum Gasteiger partial charge on any atom is 0.242 e. The van der Waals surface area contributed by atoms with Gasteiger partial charge in [0.05, 0.1) is 0 Å². The third-order valence-corrected chi connectivity index (χ3v) is 3.27. The highest BCUT2D eigenvalue weighted by Gasteiger charge is 2.29. The highest BCUT2D eigenvalue weighted by molar-refractivity contribution is 5.76. The lowest BCUT2D eigenvalue weighted by Gasteiger charge is -2.16. The fourth-order valence-electron chi connectivity index (χ4n) is 2.29. The monoisotopic (exact) mass is 246 g/mol. The Morgan fingerprint density at radius 2 is 2.28 bits per heavy atom. The zero-order valence-corrected chi connectivity index (χ0v) is 9.90. The summed E-state index contributed by atoms with van der Waals surface area (Å²) in [6, 6.07) is 3.83. The molecule has 1 aliphatic rings. The second kappa shape index (κ2) is 4.64. The van der Waals surface area contributed by atoms with Crippen LogP contribution in [0, 0.1) is 0 Å². The van der Waals surface area contributed by atoms with Crippen LogP contribution in [0.4, 0.5) is 0 Å². The van der Waals surface area contributed by atoms with Gasteiger partial charge in [-0.05, 0) is 18.6 Å². The Hall–Kier alpha value is -2.11. The number of hydrogen-bond acceptors (Lipinski definition) is 4. The molecule has 18 heavy (non-hydrogen) atoms. The lowest BCUT2D eigenvalue weighted by molar-refractivity contribution is -0.130. The molecule has 0 bridgehead atoms. The molecule has 0 spiro atoms. The maximum atomic E-state index is 12.1. The van der Waals surface area contributed by atoms with Crippen LogP contribution in [-0.2, 0) is 11.3 Å². The first-order valence-corrected chi connectivity index (χ1v) is 5.98. The molecule has 2 aromatic heterocycles. The number of likely N-dealkylation sites (tertiary alicyclic amines) is 1. The molecule has 0 N–H and O–H groups in total. The number of aromatic nitrogens is 3. The Kier molecular flexibility index (Phi) is 2.84. The summed E-state index contributed by atoms with van der Waals surface area (Å²) < 4.78 is 6.62. The number of nitrogens with zero attached hydrogens (tertiary/aromatic N) is 4. The normalized spacial score (nSPS) is 19.3. The van der Waals surface area contributed by atoms with Crippen molar-refractivity contribution in [2.45, 2.75) is 18.9 Å². The third kappa shape index (κ3) is 2.13. The van der Waals surface area contributed by atoms with Crippen molar-refractivity contribution in [3.05, 3.63) is 36.7 Å². The van der Waals surface area contributed by atoms with Crippen LogP contribution >= 0.6 is 0 Å². The quantitative estimate of drug-likeness (QED) is 0.806. The second-order valence-corrected chi connectivity index (χ2v) is 4.47. The Bertz CT molecular complexity index is 506. The van der Waals surface area contributed by atoms with Crippen molar-refractivity contribution in [3.63, 3.8) is 0 Å². The SMILES string of the molecule is O=C(Cn1cccc1)N1CC[C@H](c2ncon2)C1. The van der Waals surface area contributed by atoms with Crippen molar-refractivity contribution in [2.75, 3.05) is 13.1 Å². The topological polar surface area (TPSA) is 64.2 Å². The molecule has 1 amide bonds. The summed E-state index contributed by atoms with van der Waals surface area (Å²) in [5, 5.41) is 3.84. The van der Waals surface area contributed by atoms with Crippen LogP contribution in [0.15, 0.2) is 35.4 Å². The third-order valence-electron chi connectivity index (χ3n) is 3.27. The Morgan fingerprint density at radius 1 is 1.44 bits per heavy atom. The zero-order valence-electron chi connectivity index (χ0n) is 9.90.